The topological polar surface area (TPSA) is 97.7 Å². The predicted octanol–water partition coefficient (Wildman–Crippen LogP) is 4.82. The summed E-state index contributed by atoms with van der Waals surface area (Å²) in [5.41, 5.74) is 4.92. The fourth-order valence-corrected chi connectivity index (χ4v) is 4.44. The lowest BCUT2D eigenvalue weighted by molar-refractivity contribution is -0.122. The molecular formula is C27H24ClN3O5. The van der Waals surface area contributed by atoms with Gasteiger partial charge in [-0.1, -0.05) is 23.7 Å². The maximum Gasteiger partial charge on any atom is 0.337 e. The number of aryl methyl sites for hydroxylation is 2. The average Bonchev–Trinajstić information content (AvgIpc) is 3.11. The van der Waals surface area contributed by atoms with Crippen LogP contribution in [-0.4, -0.2) is 35.5 Å². The highest BCUT2D eigenvalue weighted by atomic mass is 35.5. The Labute approximate surface area is 213 Å². The number of halogens is 1. The van der Waals surface area contributed by atoms with Crippen molar-refractivity contribution in [1.29, 1.82) is 0 Å². The fourth-order valence-electron chi connectivity index (χ4n) is 4.27. The normalized spacial score (nSPS) is 14.9. The smallest absolute Gasteiger partial charge is 0.337 e. The number of methoxy groups -OCH3 is 1. The molecule has 0 radical (unpaired) electrons. The van der Waals surface area contributed by atoms with Crippen molar-refractivity contribution < 1.29 is 23.9 Å². The van der Waals surface area contributed by atoms with Crippen molar-refractivity contribution in [2.75, 3.05) is 12.0 Å². The lowest BCUT2D eigenvalue weighted by atomic mass is 10.1. The van der Waals surface area contributed by atoms with Gasteiger partial charge in [0.1, 0.15) is 5.57 Å². The number of hydrogen-bond acceptors (Lipinski definition) is 5. The minimum Gasteiger partial charge on any atom is -0.465 e. The van der Waals surface area contributed by atoms with Crippen molar-refractivity contribution in [2.24, 2.45) is 0 Å². The van der Waals surface area contributed by atoms with E-state index in [9.17, 15) is 19.2 Å². The van der Waals surface area contributed by atoms with Gasteiger partial charge < -0.3 is 9.30 Å². The van der Waals surface area contributed by atoms with Crippen LogP contribution in [0.15, 0.2) is 48.0 Å². The maximum absolute atomic E-state index is 13.4. The molecule has 0 unspecified atom stereocenters. The molecule has 0 bridgehead atoms. The van der Waals surface area contributed by atoms with Crippen LogP contribution in [0.2, 0.25) is 5.02 Å². The van der Waals surface area contributed by atoms with Crippen LogP contribution in [0.5, 0.6) is 0 Å². The molecule has 3 aromatic rings. The predicted molar refractivity (Wildman–Crippen MR) is 137 cm³/mol. The number of aromatic nitrogens is 1. The summed E-state index contributed by atoms with van der Waals surface area (Å²) in [4.78, 5) is 51.7. The average molecular weight is 506 g/mol. The number of ether oxygens (including phenoxy) is 1. The number of rotatable bonds is 4. The van der Waals surface area contributed by atoms with Crippen molar-refractivity contribution in [2.45, 2.75) is 27.7 Å². The van der Waals surface area contributed by atoms with Crippen LogP contribution in [0, 0.1) is 27.7 Å². The maximum atomic E-state index is 13.4. The van der Waals surface area contributed by atoms with Crippen molar-refractivity contribution >= 4 is 47.2 Å². The Hall–Kier alpha value is -4.17. The Balaban J connectivity index is 1.80. The quantitative estimate of drug-likeness (QED) is 0.311. The summed E-state index contributed by atoms with van der Waals surface area (Å²) in [6.45, 7) is 7.34. The molecule has 1 aliphatic rings. The summed E-state index contributed by atoms with van der Waals surface area (Å²) in [5, 5.41) is 2.63. The molecule has 4 amide bonds. The molecule has 0 saturated carbocycles. The second-order valence-electron chi connectivity index (χ2n) is 8.50. The summed E-state index contributed by atoms with van der Waals surface area (Å²) >= 11 is 6.19. The van der Waals surface area contributed by atoms with Gasteiger partial charge in [-0.05, 0) is 80.8 Å². The van der Waals surface area contributed by atoms with Gasteiger partial charge in [0.05, 0.1) is 18.4 Å². The monoisotopic (exact) mass is 505 g/mol. The highest BCUT2D eigenvalue weighted by molar-refractivity contribution is 6.40. The Morgan fingerprint density at radius 2 is 1.72 bits per heavy atom. The molecular weight excluding hydrogens is 482 g/mol. The molecule has 36 heavy (non-hydrogen) atoms. The van der Waals surface area contributed by atoms with Gasteiger partial charge in [-0.3, -0.25) is 14.9 Å². The number of hydrogen-bond donors (Lipinski definition) is 1. The molecule has 0 aliphatic carbocycles. The Bertz CT molecular complexity index is 1480. The molecule has 2 heterocycles. The van der Waals surface area contributed by atoms with E-state index in [1.165, 1.54) is 13.2 Å². The minimum absolute atomic E-state index is 0.186. The third-order valence-electron chi connectivity index (χ3n) is 6.22. The SMILES string of the molecule is COC(=O)c1ccc(C)c(-n2c(C)cc(/C=C3\C(=O)NC(=O)N(c4cccc(Cl)c4C)C3=O)c2C)c1. The Kier molecular flexibility index (Phi) is 6.56. The van der Waals surface area contributed by atoms with Crippen LogP contribution in [0.25, 0.3) is 11.8 Å². The third kappa shape index (κ3) is 4.20. The molecule has 4 rings (SSSR count). The number of anilines is 1. The number of carbonyl (C=O) groups is 4. The zero-order valence-corrected chi connectivity index (χ0v) is 21.2. The van der Waals surface area contributed by atoms with Gasteiger partial charge in [-0.25, -0.2) is 14.5 Å². The Morgan fingerprint density at radius 3 is 2.42 bits per heavy atom. The van der Waals surface area contributed by atoms with Crippen molar-refractivity contribution in [3.05, 3.63) is 86.7 Å². The van der Waals surface area contributed by atoms with Crippen LogP contribution in [-0.2, 0) is 14.3 Å². The summed E-state index contributed by atoms with van der Waals surface area (Å²) in [6, 6.07) is 11.1. The van der Waals surface area contributed by atoms with E-state index in [2.05, 4.69) is 5.32 Å². The second-order valence-corrected chi connectivity index (χ2v) is 8.90. The first-order chi connectivity index (χ1) is 17.0. The van der Waals surface area contributed by atoms with E-state index in [0.29, 0.717) is 27.4 Å². The first-order valence-electron chi connectivity index (χ1n) is 11.1. The number of barbiturate groups is 1. The molecule has 1 aromatic heterocycles. The number of urea groups is 1. The number of nitrogens with one attached hydrogen (secondary N) is 1. The van der Waals surface area contributed by atoms with Crippen molar-refractivity contribution in [3.63, 3.8) is 0 Å². The molecule has 1 N–H and O–H groups in total. The number of esters is 1. The van der Waals surface area contributed by atoms with E-state index in [4.69, 9.17) is 16.3 Å². The highest BCUT2D eigenvalue weighted by Crippen LogP contribution is 2.31. The highest BCUT2D eigenvalue weighted by Gasteiger charge is 2.38. The molecule has 0 atom stereocenters. The third-order valence-corrected chi connectivity index (χ3v) is 6.63. The summed E-state index contributed by atoms with van der Waals surface area (Å²) in [5.74, 6) is -1.98. The van der Waals surface area contributed by atoms with Crippen molar-refractivity contribution in [1.82, 2.24) is 9.88 Å². The second kappa shape index (κ2) is 9.47. The van der Waals surface area contributed by atoms with E-state index < -0.39 is 23.8 Å². The van der Waals surface area contributed by atoms with Gasteiger partial charge in [0.2, 0.25) is 0 Å². The van der Waals surface area contributed by atoms with Gasteiger partial charge in [0, 0.05) is 22.1 Å². The molecule has 1 fully saturated rings. The Morgan fingerprint density at radius 1 is 1.00 bits per heavy atom. The summed E-state index contributed by atoms with van der Waals surface area (Å²) in [6.07, 6.45) is 1.47. The van der Waals surface area contributed by atoms with Crippen molar-refractivity contribution in [3.8, 4) is 5.69 Å². The van der Waals surface area contributed by atoms with Gasteiger partial charge in [-0.15, -0.1) is 0 Å². The van der Waals surface area contributed by atoms with Crippen LogP contribution in [0.4, 0.5) is 10.5 Å². The molecule has 8 nitrogen and oxygen atoms in total. The van der Waals surface area contributed by atoms with Gasteiger partial charge in [0.15, 0.2) is 0 Å². The van der Waals surface area contributed by atoms with E-state index in [1.807, 2.05) is 37.5 Å². The van der Waals surface area contributed by atoms with Crippen LogP contribution < -0.4 is 10.2 Å². The van der Waals surface area contributed by atoms with Gasteiger partial charge in [0.25, 0.3) is 11.8 Å². The van der Waals surface area contributed by atoms with E-state index in [-0.39, 0.29) is 5.57 Å². The first-order valence-corrected chi connectivity index (χ1v) is 11.5. The standard InChI is InChI=1S/C27H24ClN3O5/c1-14-9-10-18(26(34)36-5)13-23(14)30-15(2)11-19(17(30)4)12-20-24(32)29-27(35)31(25(20)33)22-8-6-7-21(28)16(22)3/h6-13H,1-5H3,(H,29,32,35)/b20-12+. The summed E-state index contributed by atoms with van der Waals surface area (Å²) < 4.78 is 6.78. The molecule has 1 aliphatic heterocycles. The molecule has 2 aromatic carbocycles. The number of imide groups is 2. The molecule has 0 spiro atoms. The van der Waals surface area contributed by atoms with Gasteiger partial charge in [-0.2, -0.15) is 0 Å². The lowest BCUT2D eigenvalue weighted by Crippen LogP contribution is -2.54. The van der Waals surface area contributed by atoms with Crippen LogP contribution in [0.3, 0.4) is 0 Å². The van der Waals surface area contributed by atoms with E-state index in [0.717, 1.165) is 27.5 Å². The lowest BCUT2D eigenvalue weighted by Gasteiger charge is -2.27. The first kappa shape index (κ1) is 24.9. The zero-order chi connectivity index (χ0) is 26.3. The summed E-state index contributed by atoms with van der Waals surface area (Å²) in [7, 11) is 1.32. The van der Waals surface area contributed by atoms with E-state index in [1.54, 1.807) is 37.3 Å². The van der Waals surface area contributed by atoms with Gasteiger partial charge >= 0.3 is 12.0 Å². The molecule has 184 valence electrons. The van der Waals surface area contributed by atoms with Crippen LogP contribution in [0.1, 0.15) is 38.4 Å². The largest absolute Gasteiger partial charge is 0.465 e. The van der Waals surface area contributed by atoms with E-state index >= 15 is 0 Å². The zero-order valence-electron chi connectivity index (χ0n) is 20.4. The fraction of sp³-hybridized carbons (Fsp3) is 0.185. The number of benzene rings is 2. The number of carbonyl (C=O) groups excluding carboxylic acids is 4. The minimum atomic E-state index is -0.840. The molecule has 9 heteroatoms. The van der Waals surface area contributed by atoms with Crippen LogP contribution >= 0.6 is 11.6 Å². The number of nitrogens with zero attached hydrogens (tertiary/aromatic N) is 2. The molecule has 1 saturated heterocycles. The number of amides is 4.